The standard InChI is InChI=1S/C55H54N3O.Pt/c1-35-28-42(54(5,6)7)34-46(51(35)59)52-57-50-44(22-17-23-49(50)58(52)48-25-24-41(53(2,3)4)33-45(48)37-20-15-12-16-21-37)39-29-40(31-43(30-39)55(8,9)10)47-32-38(26-27-56-47)36-18-13-11-14-19-36;/h11-28,30-34,59H,1-10H3;/q-1;/i2D3,3D3,4D3;. The summed E-state index contributed by atoms with van der Waals surface area (Å²) in [6.07, 6.45) is 1.80. The van der Waals surface area contributed by atoms with Gasteiger partial charge in [-0.3, -0.25) is 9.55 Å². The molecule has 0 unspecified atom stereocenters. The van der Waals surface area contributed by atoms with Gasteiger partial charge >= 0.3 is 0 Å². The third-order valence-electron chi connectivity index (χ3n) is 11.0. The first-order valence-corrected chi connectivity index (χ1v) is 19.9. The summed E-state index contributed by atoms with van der Waals surface area (Å²) in [6, 6.07) is 45.0. The normalized spacial score (nSPS) is 14.9. The van der Waals surface area contributed by atoms with Crippen molar-refractivity contribution in [3.05, 3.63) is 168 Å². The minimum atomic E-state index is -3.48. The topological polar surface area (TPSA) is 50.9 Å². The van der Waals surface area contributed by atoms with Gasteiger partial charge in [-0.2, -0.15) is 0 Å². The van der Waals surface area contributed by atoms with Crippen molar-refractivity contribution in [1.29, 1.82) is 0 Å². The molecular formula is C55H54N3OPt-. The predicted octanol–water partition coefficient (Wildman–Crippen LogP) is 14.5. The van der Waals surface area contributed by atoms with E-state index < -0.39 is 26.0 Å². The Morgan fingerprint density at radius 3 is 1.88 bits per heavy atom. The van der Waals surface area contributed by atoms with Crippen molar-refractivity contribution in [3.8, 4) is 67.5 Å². The molecule has 0 spiro atoms. The summed E-state index contributed by atoms with van der Waals surface area (Å²) in [5.74, 6) is 0.357. The van der Waals surface area contributed by atoms with E-state index in [-0.39, 0.29) is 43.2 Å². The molecule has 0 aliphatic heterocycles. The Bertz CT molecular complexity index is 3140. The maximum atomic E-state index is 12.1. The number of phenolic OH excluding ortho intramolecular Hbond substituents is 1. The van der Waals surface area contributed by atoms with Crippen LogP contribution in [0, 0.1) is 13.0 Å². The Morgan fingerprint density at radius 1 is 0.583 bits per heavy atom. The molecule has 0 bridgehead atoms. The zero-order chi connectivity index (χ0) is 49.4. The largest absolute Gasteiger partial charge is 0.507 e. The number of aromatic hydroxyl groups is 1. The number of hydrogen-bond donors (Lipinski definition) is 1. The Kier molecular flexibility index (Phi) is 8.66. The van der Waals surface area contributed by atoms with Crippen LogP contribution in [0.4, 0.5) is 0 Å². The zero-order valence-electron chi connectivity index (χ0n) is 43.9. The second kappa shape index (κ2) is 16.1. The molecule has 0 saturated carbocycles. The number of hydrogen-bond acceptors (Lipinski definition) is 3. The van der Waals surface area contributed by atoms with Crippen LogP contribution in [-0.2, 0) is 37.3 Å². The number of phenols is 1. The monoisotopic (exact) mass is 976 g/mol. The van der Waals surface area contributed by atoms with E-state index in [0.29, 0.717) is 44.8 Å². The SMILES string of the molecule is [2H]C([2H])([2H])C(c1ccc(-n2c(-c3cc(C(C)(C)C)cc(C)c3O)nc3c(-c4[c-]c(-c5cc(-c6ccccc6)ccn5)cc(C(C)(C)C)c4)cccc32)c(-c2ccccc2)c1)(C([2H])([2H])[2H])C([2H])([2H])[2H].[Pt]. The summed E-state index contributed by atoms with van der Waals surface area (Å²) in [4.78, 5) is 10.3. The van der Waals surface area contributed by atoms with E-state index in [4.69, 9.17) is 22.3 Å². The summed E-state index contributed by atoms with van der Waals surface area (Å²) < 4.78 is 79.0. The van der Waals surface area contributed by atoms with Crippen LogP contribution >= 0.6 is 0 Å². The van der Waals surface area contributed by atoms with Crippen LogP contribution in [0.15, 0.2) is 140 Å². The van der Waals surface area contributed by atoms with Crippen LogP contribution < -0.4 is 0 Å². The number of fused-ring (bicyclic) bond motifs is 1. The van der Waals surface area contributed by atoms with E-state index in [9.17, 15) is 5.11 Å². The van der Waals surface area contributed by atoms with Crippen molar-refractivity contribution >= 4 is 11.0 Å². The van der Waals surface area contributed by atoms with E-state index >= 15 is 0 Å². The maximum absolute atomic E-state index is 12.1. The first-order valence-electron chi connectivity index (χ1n) is 24.4. The van der Waals surface area contributed by atoms with Crippen molar-refractivity contribution in [2.75, 3.05) is 0 Å². The van der Waals surface area contributed by atoms with Gasteiger partial charge in [-0.15, -0.1) is 29.3 Å². The van der Waals surface area contributed by atoms with Gasteiger partial charge in [0.2, 0.25) is 0 Å². The summed E-state index contributed by atoms with van der Waals surface area (Å²) in [7, 11) is 0. The number of para-hydroxylation sites is 1. The summed E-state index contributed by atoms with van der Waals surface area (Å²) in [6.45, 7) is 4.11. The van der Waals surface area contributed by atoms with Crippen LogP contribution in [0.2, 0.25) is 0 Å². The molecule has 0 aliphatic carbocycles. The Morgan fingerprint density at radius 2 is 1.22 bits per heavy atom. The fraction of sp³-hybridized carbons (Fsp3) is 0.236. The van der Waals surface area contributed by atoms with Gasteiger partial charge in [0, 0.05) is 50.9 Å². The molecule has 0 atom stereocenters. The molecule has 8 aromatic rings. The molecule has 2 aromatic heterocycles. The summed E-state index contributed by atoms with van der Waals surface area (Å²) in [5, 5.41) is 12.1. The van der Waals surface area contributed by atoms with Crippen molar-refractivity contribution in [2.45, 2.75) is 85.3 Å². The predicted molar refractivity (Wildman–Crippen MR) is 247 cm³/mol. The van der Waals surface area contributed by atoms with Crippen LogP contribution in [-0.4, -0.2) is 19.6 Å². The Labute approximate surface area is 383 Å². The van der Waals surface area contributed by atoms with Gasteiger partial charge in [0.25, 0.3) is 0 Å². The minimum Gasteiger partial charge on any atom is -0.507 e. The summed E-state index contributed by atoms with van der Waals surface area (Å²) >= 11 is 0. The molecule has 2 heterocycles. The second-order valence-corrected chi connectivity index (χ2v) is 17.5. The van der Waals surface area contributed by atoms with Crippen molar-refractivity contribution in [1.82, 2.24) is 14.5 Å². The Hall–Kier alpha value is -5.57. The van der Waals surface area contributed by atoms with Gasteiger partial charge in [0.1, 0.15) is 11.6 Å². The van der Waals surface area contributed by atoms with E-state index in [0.717, 1.165) is 44.6 Å². The van der Waals surface area contributed by atoms with Gasteiger partial charge < -0.3 is 5.11 Å². The number of imidazole rings is 1. The number of pyridine rings is 1. The fourth-order valence-electron chi connectivity index (χ4n) is 7.61. The van der Waals surface area contributed by atoms with E-state index in [2.05, 4.69) is 77.9 Å². The fourth-order valence-corrected chi connectivity index (χ4v) is 7.61. The molecule has 60 heavy (non-hydrogen) atoms. The number of aromatic nitrogens is 3. The van der Waals surface area contributed by atoms with Crippen LogP contribution in [0.25, 0.3) is 72.7 Å². The van der Waals surface area contributed by atoms with Crippen molar-refractivity contribution < 1.29 is 38.5 Å². The van der Waals surface area contributed by atoms with Gasteiger partial charge in [-0.1, -0.05) is 164 Å². The molecule has 0 aliphatic rings. The molecule has 8 rings (SSSR count). The molecule has 0 amide bonds. The number of aryl methyl sites for hydroxylation is 1. The molecule has 4 nitrogen and oxygen atoms in total. The van der Waals surface area contributed by atoms with E-state index in [1.807, 2.05) is 72.2 Å². The smallest absolute Gasteiger partial charge is 0.148 e. The van der Waals surface area contributed by atoms with E-state index in [1.54, 1.807) is 36.5 Å². The van der Waals surface area contributed by atoms with Gasteiger partial charge in [-0.25, -0.2) is 4.98 Å². The van der Waals surface area contributed by atoms with Crippen LogP contribution in [0.1, 0.15) is 96.7 Å². The van der Waals surface area contributed by atoms with Gasteiger partial charge in [-0.05, 0) is 86.9 Å². The van der Waals surface area contributed by atoms with E-state index in [1.165, 1.54) is 12.1 Å². The molecule has 0 radical (unpaired) electrons. The molecule has 1 N–H and O–H groups in total. The van der Waals surface area contributed by atoms with Crippen LogP contribution in [0.3, 0.4) is 0 Å². The maximum Gasteiger partial charge on any atom is 0.148 e. The third kappa shape index (κ3) is 8.28. The summed E-state index contributed by atoms with van der Waals surface area (Å²) in [5.41, 5.74) is 6.40. The number of benzene rings is 6. The molecule has 0 fully saturated rings. The van der Waals surface area contributed by atoms with Crippen LogP contribution in [0.5, 0.6) is 5.75 Å². The molecular weight excluding hydrogens is 914 g/mol. The third-order valence-corrected chi connectivity index (χ3v) is 11.0. The minimum absolute atomic E-state index is 0. The Balaban J connectivity index is 0.00000703. The second-order valence-electron chi connectivity index (χ2n) is 17.5. The first-order chi connectivity index (χ1) is 31.7. The number of rotatable bonds is 6. The van der Waals surface area contributed by atoms with Gasteiger partial charge in [0.05, 0.1) is 22.3 Å². The number of nitrogens with zero attached hydrogens (tertiary/aromatic N) is 3. The van der Waals surface area contributed by atoms with Crippen molar-refractivity contribution in [2.24, 2.45) is 0 Å². The zero-order valence-corrected chi connectivity index (χ0v) is 37.2. The molecule has 5 heteroatoms. The molecule has 6 aromatic carbocycles. The average Bonchev–Trinajstić information content (AvgIpc) is 3.65. The first kappa shape index (κ1) is 32.2. The molecule has 306 valence electrons. The van der Waals surface area contributed by atoms with Crippen molar-refractivity contribution in [3.63, 3.8) is 0 Å². The van der Waals surface area contributed by atoms with Gasteiger partial charge in [0.15, 0.2) is 0 Å². The average molecular weight is 977 g/mol. The molecule has 0 saturated heterocycles. The quantitative estimate of drug-likeness (QED) is 0.169.